The number of rotatable bonds is 6. The number of halogens is 1. The van der Waals surface area contributed by atoms with E-state index in [4.69, 9.17) is 16.3 Å². The van der Waals surface area contributed by atoms with E-state index in [0.29, 0.717) is 10.8 Å². The van der Waals surface area contributed by atoms with Gasteiger partial charge in [0.2, 0.25) is 0 Å². The second kappa shape index (κ2) is 7.31. The number of hydrogen-bond donors (Lipinski definition) is 1. The largest absolute Gasteiger partial charge is 0.484 e. The maximum atomic E-state index is 11.8. The highest BCUT2D eigenvalue weighted by Gasteiger charge is 2.09. The van der Waals surface area contributed by atoms with Gasteiger partial charge in [0.05, 0.1) is 0 Å². The Bertz CT molecular complexity index is 540. The second-order valence-corrected chi connectivity index (χ2v) is 5.96. The summed E-state index contributed by atoms with van der Waals surface area (Å²) in [7, 11) is 0. The highest BCUT2D eigenvalue weighted by Crippen LogP contribution is 2.15. The van der Waals surface area contributed by atoms with Crippen LogP contribution in [0.4, 0.5) is 0 Å². The van der Waals surface area contributed by atoms with Crippen molar-refractivity contribution in [2.75, 3.05) is 6.61 Å². The normalized spacial score (nSPS) is 11.9. The standard InChI is InChI=1S/C15H16ClNO2S/c1-11(9-14-3-2-8-20-14)17-15(18)10-19-13-6-4-12(16)5-7-13/h2-8,11H,9-10H2,1H3,(H,17,18)/t11-/m1/s1. The molecule has 0 spiro atoms. The van der Waals surface area contributed by atoms with E-state index < -0.39 is 0 Å². The molecule has 0 aliphatic heterocycles. The van der Waals surface area contributed by atoms with Gasteiger partial charge in [0.25, 0.3) is 5.91 Å². The van der Waals surface area contributed by atoms with Gasteiger partial charge in [-0.2, -0.15) is 0 Å². The third-order valence-electron chi connectivity index (χ3n) is 2.68. The van der Waals surface area contributed by atoms with Crippen LogP contribution in [0.3, 0.4) is 0 Å². The minimum Gasteiger partial charge on any atom is -0.484 e. The number of benzene rings is 1. The van der Waals surface area contributed by atoms with Crippen LogP contribution in [0.25, 0.3) is 0 Å². The van der Waals surface area contributed by atoms with Gasteiger partial charge < -0.3 is 10.1 Å². The Morgan fingerprint density at radius 3 is 2.75 bits per heavy atom. The first-order valence-electron chi connectivity index (χ1n) is 6.33. The number of ether oxygens (including phenoxy) is 1. The lowest BCUT2D eigenvalue weighted by Crippen LogP contribution is -2.37. The zero-order chi connectivity index (χ0) is 14.4. The van der Waals surface area contributed by atoms with Crippen LogP contribution in [0, 0.1) is 0 Å². The van der Waals surface area contributed by atoms with Gasteiger partial charge in [0.1, 0.15) is 5.75 Å². The Morgan fingerprint density at radius 2 is 2.10 bits per heavy atom. The molecule has 0 aliphatic carbocycles. The first kappa shape index (κ1) is 14.9. The molecule has 1 heterocycles. The summed E-state index contributed by atoms with van der Waals surface area (Å²) in [6.07, 6.45) is 0.838. The van der Waals surface area contributed by atoms with E-state index in [2.05, 4.69) is 11.4 Å². The molecule has 1 aromatic carbocycles. The van der Waals surface area contributed by atoms with Crippen molar-refractivity contribution in [3.05, 3.63) is 51.7 Å². The molecule has 0 saturated heterocycles. The SMILES string of the molecule is C[C@H](Cc1cccs1)NC(=O)COc1ccc(Cl)cc1. The van der Waals surface area contributed by atoms with Crippen LogP contribution in [-0.2, 0) is 11.2 Å². The Balaban J connectivity index is 1.73. The quantitative estimate of drug-likeness (QED) is 0.886. The molecular weight excluding hydrogens is 294 g/mol. The molecule has 0 unspecified atom stereocenters. The van der Waals surface area contributed by atoms with Crippen molar-refractivity contribution in [1.29, 1.82) is 0 Å². The van der Waals surface area contributed by atoms with E-state index in [1.165, 1.54) is 4.88 Å². The first-order chi connectivity index (χ1) is 9.63. The van der Waals surface area contributed by atoms with Gasteiger partial charge in [0, 0.05) is 22.4 Å². The number of carbonyl (C=O) groups is 1. The fraction of sp³-hybridized carbons (Fsp3) is 0.267. The monoisotopic (exact) mass is 309 g/mol. The smallest absolute Gasteiger partial charge is 0.258 e. The van der Waals surface area contributed by atoms with E-state index in [1.54, 1.807) is 35.6 Å². The zero-order valence-electron chi connectivity index (χ0n) is 11.1. The Kier molecular flexibility index (Phi) is 5.44. The highest BCUT2D eigenvalue weighted by molar-refractivity contribution is 7.09. The van der Waals surface area contributed by atoms with E-state index in [-0.39, 0.29) is 18.6 Å². The van der Waals surface area contributed by atoms with E-state index >= 15 is 0 Å². The maximum Gasteiger partial charge on any atom is 0.258 e. The third-order valence-corrected chi connectivity index (χ3v) is 3.83. The van der Waals surface area contributed by atoms with Gasteiger partial charge in [-0.1, -0.05) is 17.7 Å². The summed E-state index contributed by atoms with van der Waals surface area (Å²) in [5, 5.41) is 5.60. The van der Waals surface area contributed by atoms with Crippen molar-refractivity contribution in [2.24, 2.45) is 0 Å². The van der Waals surface area contributed by atoms with Crippen molar-refractivity contribution < 1.29 is 9.53 Å². The molecule has 5 heteroatoms. The van der Waals surface area contributed by atoms with Crippen LogP contribution in [0.5, 0.6) is 5.75 Å². The van der Waals surface area contributed by atoms with Gasteiger partial charge in [-0.25, -0.2) is 0 Å². The van der Waals surface area contributed by atoms with Gasteiger partial charge in [-0.05, 0) is 42.6 Å². The Labute approximate surface area is 127 Å². The predicted molar refractivity (Wildman–Crippen MR) is 82.6 cm³/mol. The third kappa shape index (κ3) is 4.87. The molecule has 0 radical (unpaired) electrons. The van der Waals surface area contributed by atoms with Crippen LogP contribution in [0.2, 0.25) is 5.02 Å². The van der Waals surface area contributed by atoms with E-state index in [1.807, 2.05) is 18.4 Å². The van der Waals surface area contributed by atoms with Crippen LogP contribution >= 0.6 is 22.9 Å². The molecule has 1 amide bonds. The number of nitrogens with one attached hydrogen (secondary N) is 1. The molecule has 3 nitrogen and oxygen atoms in total. The summed E-state index contributed by atoms with van der Waals surface area (Å²) in [6, 6.07) is 11.1. The number of thiophene rings is 1. The fourth-order valence-electron chi connectivity index (χ4n) is 1.78. The number of hydrogen-bond acceptors (Lipinski definition) is 3. The molecule has 20 heavy (non-hydrogen) atoms. The molecule has 1 atom stereocenters. The van der Waals surface area contributed by atoms with Crippen molar-refractivity contribution >= 4 is 28.8 Å². The van der Waals surface area contributed by atoms with Gasteiger partial charge in [-0.15, -0.1) is 11.3 Å². The van der Waals surface area contributed by atoms with E-state index in [0.717, 1.165) is 6.42 Å². The highest BCUT2D eigenvalue weighted by atomic mass is 35.5. The first-order valence-corrected chi connectivity index (χ1v) is 7.59. The Morgan fingerprint density at radius 1 is 1.35 bits per heavy atom. The molecule has 0 fully saturated rings. The van der Waals surface area contributed by atoms with Crippen LogP contribution in [-0.4, -0.2) is 18.6 Å². The second-order valence-electron chi connectivity index (χ2n) is 4.49. The average molecular weight is 310 g/mol. The average Bonchev–Trinajstić information content (AvgIpc) is 2.90. The molecular formula is C15H16ClNO2S. The molecule has 0 aliphatic rings. The lowest BCUT2D eigenvalue weighted by Gasteiger charge is -2.13. The fourth-order valence-corrected chi connectivity index (χ4v) is 2.74. The minimum absolute atomic E-state index is 0.0103. The van der Waals surface area contributed by atoms with Gasteiger partial charge in [-0.3, -0.25) is 4.79 Å². The zero-order valence-corrected chi connectivity index (χ0v) is 12.7. The van der Waals surface area contributed by atoms with Crippen LogP contribution in [0.1, 0.15) is 11.8 Å². The lowest BCUT2D eigenvalue weighted by atomic mass is 10.2. The Hall–Kier alpha value is -1.52. The summed E-state index contributed by atoms with van der Waals surface area (Å²) in [5.74, 6) is 0.513. The summed E-state index contributed by atoms with van der Waals surface area (Å²) in [6.45, 7) is 2.00. The predicted octanol–water partition coefficient (Wildman–Crippen LogP) is 3.53. The van der Waals surface area contributed by atoms with E-state index in [9.17, 15) is 4.79 Å². The molecule has 1 aromatic heterocycles. The summed E-state index contributed by atoms with van der Waals surface area (Å²) in [4.78, 5) is 13.0. The molecule has 2 aromatic rings. The van der Waals surface area contributed by atoms with Crippen LogP contribution in [0.15, 0.2) is 41.8 Å². The number of amides is 1. The molecule has 106 valence electrons. The van der Waals surface area contributed by atoms with Crippen molar-refractivity contribution in [3.63, 3.8) is 0 Å². The van der Waals surface area contributed by atoms with Crippen molar-refractivity contribution in [3.8, 4) is 5.75 Å². The summed E-state index contributed by atoms with van der Waals surface area (Å²) >= 11 is 7.47. The van der Waals surface area contributed by atoms with Crippen molar-refractivity contribution in [1.82, 2.24) is 5.32 Å². The molecule has 0 saturated carbocycles. The van der Waals surface area contributed by atoms with Gasteiger partial charge in [0.15, 0.2) is 6.61 Å². The molecule has 1 N–H and O–H groups in total. The summed E-state index contributed by atoms with van der Waals surface area (Å²) in [5.41, 5.74) is 0. The van der Waals surface area contributed by atoms with Gasteiger partial charge >= 0.3 is 0 Å². The summed E-state index contributed by atoms with van der Waals surface area (Å²) < 4.78 is 5.39. The van der Waals surface area contributed by atoms with Crippen LogP contribution < -0.4 is 10.1 Å². The lowest BCUT2D eigenvalue weighted by molar-refractivity contribution is -0.123. The molecule has 0 bridgehead atoms. The number of carbonyl (C=O) groups excluding carboxylic acids is 1. The van der Waals surface area contributed by atoms with Crippen molar-refractivity contribution in [2.45, 2.75) is 19.4 Å². The maximum absolute atomic E-state index is 11.8. The minimum atomic E-state index is -0.121. The topological polar surface area (TPSA) is 38.3 Å². The molecule has 2 rings (SSSR count).